The number of benzene rings is 2. The molecule has 1 fully saturated rings. The van der Waals surface area contributed by atoms with Crippen LogP contribution in [-0.2, 0) is 4.79 Å². The fourth-order valence-electron chi connectivity index (χ4n) is 3.25. The molecule has 25 heavy (non-hydrogen) atoms. The third-order valence-electron chi connectivity index (χ3n) is 4.65. The molecule has 1 saturated heterocycles. The van der Waals surface area contributed by atoms with Gasteiger partial charge in [-0.3, -0.25) is 9.59 Å². The number of carbonyl (C=O) groups excluding carboxylic acids is 2. The molecule has 2 amide bonds. The zero-order valence-electron chi connectivity index (χ0n) is 14.6. The quantitative estimate of drug-likeness (QED) is 0.841. The molecule has 1 aliphatic rings. The topological polar surface area (TPSA) is 40.6 Å². The van der Waals surface area contributed by atoms with Crippen molar-refractivity contribution in [1.29, 1.82) is 0 Å². The Kier molecular flexibility index (Phi) is 4.57. The lowest BCUT2D eigenvalue weighted by Gasteiger charge is -2.39. The lowest BCUT2D eigenvalue weighted by Crippen LogP contribution is -2.57. The van der Waals surface area contributed by atoms with Gasteiger partial charge in [-0.2, -0.15) is 0 Å². The summed E-state index contributed by atoms with van der Waals surface area (Å²) in [6.45, 7) is 6.62. The van der Waals surface area contributed by atoms with Crippen LogP contribution in [0.3, 0.4) is 0 Å². The molecule has 1 atom stereocenters. The number of halogens is 1. The molecule has 3 rings (SSSR count). The Balaban J connectivity index is 1.81. The highest BCUT2D eigenvalue weighted by atomic mass is 19.1. The van der Waals surface area contributed by atoms with Crippen LogP contribution in [0.5, 0.6) is 0 Å². The van der Waals surface area contributed by atoms with Crippen LogP contribution in [-0.4, -0.2) is 35.8 Å². The molecule has 130 valence electrons. The molecule has 1 unspecified atom stereocenters. The highest BCUT2D eigenvalue weighted by Gasteiger charge is 2.35. The fourth-order valence-corrected chi connectivity index (χ4v) is 3.25. The summed E-state index contributed by atoms with van der Waals surface area (Å²) in [5.41, 5.74) is 3.46. The Morgan fingerprint density at radius 1 is 1.08 bits per heavy atom. The van der Waals surface area contributed by atoms with Gasteiger partial charge in [0.25, 0.3) is 5.91 Å². The molecule has 0 N–H and O–H groups in total. The molecule has 0 bridgehead atoms. The molecule has 0 saturated carbocycles. The molecular formula is C20H21FN2O2. The average molecular weight is 340 g/mol. The second-order valence-corrected chi connectivity index (χ2v) is 6.46. The predicted octanol–water partition coefficient (Wildman–Crippen LogP) is 3.32. The Bertz CT molecular complexity index is 817. The van der Waals surface area contributed by atoms with Gasteiger partial charge >= 0.3 is 0 Å². The van der Waals surface area contributed by atoms with Crippen LogP contribution in [0.2, 0.25) is 0 Å². The van der Waals surface area contributed by atoms with Crippen molar-refractivity contribution in [2.45, 2.75) is 26.8 Å². The first-order chi connectivity index (χ1) is 11.9. The van der Waals surface area contributed by atoms with Crippen LogP contribution in [0.15, 0.2) is 42.5 Å². The van der Waals surface area contributed by atoms with Crippen molar-refractivity contribution in [2.75, 3.05) is 18.0 Å². The van der Waals surface area contributed by atoms with E-state index in [0.717, 1.165) is 16.8 Å². The standard InChI is InChI=1S/C20H21FN2O2/c1-13-4-9-18(14(2)12-13)23-11-10-22(15(3)19(23)24)20(25)16-5-7-17(21)8-6-16/h4-9,12,15H,10-11H2,1-3H3. The number of anilines is 1. The number of piperazine rings is 1. The van der Waals surface area contributed by atoms with Crippen LogP contribution in [0.1, 0.15) is 28.4 Å². The van der Waals surface area contributed by atoms with E-state index < -0.39 is 6.04 Å². The first kappa shape index (κ1) is 17.1. The highest BCUT2D eigenvalue weighted by Crippen LogP contribution is 2.25. The lowest BCUT2D eigenvalue weighted by atomic mass is 10.1. The Morgan fingerprint density at radius 2 is 1.76 bits per heavy atom. The van der Waals surface area contributed by atoms with Gasteiger partial charge in [-0.25, -0.2) is 4.39 Å². The second-order valence-electron chi connectivity index (χ2n) is 6.46. The third-order valence-corrected chi connectivity index (χ3v) is 4.65. The SMILES string of the molecule is Cc1ccc(N2CCN(C(=O)c3ccc(F)cc3)C(C)C2=O)c(C)c1. The van der Waals surface area contributed by atoms with Crippen LogP contribution < -0.4 is 4.90 Å². The molecule has 2 aromatic carbocycles. The summed E-state index contributed by atoms with van der Waals surface area (Å²) in [7, 11) is 0. The summed E-state index contributed by atoms with van der Waals surface area (Å²) in [4.78, 5) is 28.8. The van der Waals surface area contributed by atoms with Gasteiger partial charge in [0.1, 0.15) is 11.9 Å². The minimum Gasteiger partial charge on any atom is -0.325 e. The molecule has 5 heteroatoms. The largest absolute Gasteiger partial charge is 0.325 e. The third kappa shape index (κ3) is 3.27. The van der Waals surface area contributed by atoms with Gasteiger partial charge < -0.3 is 9.80 Å². The summed E-state index contributed by atoms with van der Waals surface area (Å²) >= 11 is 0. The first-order valence-electron chi connectivity index (χ1n) is 8.33. The van der Waals surface area contributed by atoms with E-state index in [1.165, 1.54) is 24.3 Å². The first-order valence-corrected chi connectivity index (χ1v) is 8.33. The van der Waals surface area contributed by atoms with E-state index in [9.17, 15) is 14.0 Å². The molecule has 1 aliphatic heterocycles. The van der Waals surface area contributed by atoms with Crippen LogP contribution in [0.4, 0.5) is 10.1 Å². The minimum absolute atomic E-state index is 0.103. The summed E-state index contributed by atoms with van der Waals surface area (Å²) in [5, 5.41) is 0. The van der Waals surface area contributed by atoms with Gasteiger partial charge in [0, 0.05) is 24.3 Å². The van der Waals surface area contributed by atoms with Gasteiger partial charge in [0.15, 0.2) is 0 Å². The summed E-state index contributed by atoms with van der Waals surface area (Å²) in [6.07, 6.45) is 0. The van der Waals surface area contributed by atoms with Gasteiger partial charge in [-0.05, 0) is 56.7 Å². The van der Waals surface area contributed by atoms with Gasteiger partial charge in [-0.1, -0.05) is 17.7 Å². The fraction of sp³-hybridized carbons (Fsp3) is 0.300. The lowest BCUT2D eigenvalue weighted by molar-refractivity contribution is -0.124. The van der Waals surface area contributed by atoms with E-state index in [-0.39, 0.29) is 17.6 Å². The van der Waals surface area contributed by atoms with Crippen molar-refractivity contribution in [3.05, 3.63) is 65.0 Å². The zero-order valence-corrected chi connectivity index (χ0v) is 14.6. The molecule has 0 aliphatic carbocycles. The normalized spacial score (nSPS) is 17.8. The summed E-state index contributed by atoms with van der Waals surface area (Å²) in [6, 6.07) is 10.8. The van der Waals surface area contributed by atoms with Crippen molar-refractivity contribution in [2.24, 2.45) is 0 Å². The number of hydrogen-bond acceptors (Lipinski definition) is 2. The van der Waals surface area contributed by atoms with Crippen LogP contribution in [0, 0.1) is 19.7 Å². The average Bonchev–Trinajstić information content (AvgIpc) is 2.58. The van der Waals surface area contributed by atoms with Crippen molar-refractivity contribution in [3.8, 4) is 0 Å². The van der Waals surface area contributed by atoms with Gasteiger partial charge in [0.2, 0.25) is 5.91 Å². The Morgan fingerprint density at radius 3 is 2.40 bits per heavy atom. The molecular weight excluding hydrogens is 319 g/mol. The maximum absolute atomic E-state index is 13.1. The predicted molar refractivity (Wildman–Crippen MR) is 95.2 cm³/mol. The Labute approximate surface area is 146 Å². The Hall–Kier alpha value is -2.69. The second kappa shape index (κ2) is 6.67. The molecule has 2 aromatic rings. The van der Waals surface area contributed by atoms with Gasteiger partial charge in [0.05, 0.1) is 0 Å². The van der Waals surface area contributed by atoms with E-state index >= 15 is 0 Å². The van der Waals surface area contributed by atoms with E-state index in [1.54, 1.807) is 16.7 Å². The zero-order chi connectivity index (χ0) is 18.1. The maximum Gasteiger partial charge on any atom is 0.254 e. The number of hydrogen-bond donors (Lipinski definition) is 0. The number of carbonyl (C=O) groups is 2. The van der Waals surface area contributed by atoms with Crippen molar-refractivity contribution in [1.82, 2.24) is 4.90 Å². The summed E-state index contributed by atoms with van der Waals surface area (Å²) < 4.78 is 13.1. The maximum atomic E-state index is 13.1. The molecule has 0 radical (unpaired) electrons. The minimum atomic E-state index is -0.563. The monoisotopic (exact) mass is 340 g/mol. The van der Waals surface area contributed by atoms with Crippen molar-refractivity contribution >= 4 is 17.5 Å². The number of aryl methyl sites for hydroxylation is 2. The van der Waals surface area contributed by atoms with Crippen LogP contribution in [0.25, 0.3) is 0 Å². The smallest absolute Gasteiger partial charge is 0.254 e. The molecule has 4 nitrogen and oxygen atoms in total. The number of amides is 2. The van der Waals surface area contributed by atoms with E-state index in [1.807, 2.05) is 32.0 Å². The van der Waals surface area contributed by atoms with E-state index in [4.69, 9.17) is 0 Å². The van der Waals surface area contributed by atoms with E-state index in [0.29, 0.717) is 18.7 Å². The number of rotatable bonds is 2. The molecule has 0 spiro atoms. The molecule has 0 aromatic heterocycles. The summed E-state index contributed by atoms with van der Waals surface area (Å²) in [5.74, 6) is -0.741. The van der Waals surface area contributed by atoms with Crippen LogP contribution >= 0.6 is 0 Å². The number of nitrogens with zero attached hydrogens (tertiary/aromatic N) is 2. The molecule has 1 heterocycles. The van der Waals surface area contributed by atoms with Crippen molar-refractivity contribution < 1.29 is 14.0 Å². The van der Waals surface area contributed by atoms with E-state index in [2.05, 4.69) is 0 Å². The highest BCUT2D eigenvalue weighted by molar-refractivity contribution is 6.03. The van der Waals surface area contributed by atoms with Gasteiger partial charge in [-0.15, -0.1) is 0 Å². The van der Waals surface area contributed by atoms with Crippen molar-refractivity contribution in [3.63, 3.8) is 0 Å².